The molecule has 1 heterocycles. The highest BCUT2D eigenvalue weighted by atomic mass is 79.9. The molecule has 0 fully saturated rings. The van der Waals surface area contributed by atoms with E-state index >= 15 is 0 Å². The summed E-state index contributed by atoms with van der Waals surface area (Å²) in [7, 11) is 0. The Morgan fingerprint density at radius 1 is 1.20 bits per heavy atom. The van der Waals surface area contributed by atoms with E-state index in [9.17, 15) is 8.78 Å². The smallest absolute Gasteiger partial charge is 0.161 e. The molecule has 0 aliphatic carbocycles. The second-order valence-corrected chi connectivity index (χ2v) is 5.14. The lowest BCUT2D eigenvalue weighted by Gasteiger charge is -2.11. The van der Waals surface area contributed by atoms with E-state index in [0.717, 1.165) is 35.3 Å². The van der Waals surface area contributed by atoms with E-state index < -0.39 is 11.6 Å². The first-order valence-electron chi connectivity index (χ1n) is 6.26. The van der Waals surface area contributed by atoms with Gasteiger partial charge < -0.3 is 5.32 Å². The number of anilines is 1. The minimum Gasteiger partial charge on any atom is -0.369 e. The van der Waals surface area contributed by atoms with Crippen LogP contribution >= 0.6 is 15.9 Å². The maximum absolute atomic E-state index is 13.3. The van der Waals surface area contributed by atoms with E-state index in [1.807, 2.05) is 13.8 Å². The van der Waals surface area contributed by atoms with Crippen LogP contribution < -0.4 is 5.32 Å². The molecule has 0 aliphatic rings. The Kier molecular flexibility index (Phi) is 4.65. The van der Waals surface area contributed by atoms with Crippen molar-refractivity contribution in [3.8, 4) is 11.4 Å². The minimum absolute atomic E-state index is 0.364. The first kappa shape index (κ1) is 14.8. The number of benzene rings is 1. The van der Waals surface area contributed by atoms with Crippen LogP contribution in [0.1, 0.15) is 19.0 Å². The molecule has 1 aromatic carbocycles. The zero-order valence-electron chi connectivity index (χ0n) is 11.2. The second kappa shape index (κ2) is 6.26. The second-order valence-electron chi connectivity index (χ2n) is 4.35. The van der Waals surface area contributed by atoms with E-state index in [1.54, 1.807) is 0 Å². The van der Waals surface area contributed by atoms with Gasteiger partial charge in [0, 0.05) is 12.1 Å². The van der Waals surface area contributed by atoms with E-state index in [0.29, 0.717) is 17.2 Å². The van der Waals surface area contributed by atoms with Gasteiger partial charge in [0.2, 0.25) is 0 Å². The molecule has 0 aliphatic heterocycles. The summed E-state index contributed by atoms with van der Waals surface area (Å²) in [5.41, 5.74) is 1.18. The largest absolute Gasteiger partial charge is 0.369 e. The standard InChI is InChI=1S/C14H14BrF2N3/c1-3-6-18-14-12(15)8(2)19-13(20-14)9-4-5-10(16)11(17)7-9/h4-5,7H,3,6H2,1-2H3,(H,18,19,20). The van der Waals surface area contributed by atoms with Gasteiger partial charge in [-0.05, 0) is 47.5 Å². The van der Waals surface area contributed by atoms with Crippen LogP contribution in [0, 0.1) is 18.6 Å². The van der Waals surface area contributed by atoms with Gasteiger partial charge in [0.05, 0.1) is 10.2 Å². The number of nitrogens with one attached hydrogen (secondary N) is 1. The average Bonchev–Trinajstić information content (AvgIpc) is 2.43. The van der Waals surface area contributed by atoms with Gasteiger partial charge in [0.1, 0.15) is 5.82 Å². The summed E-state index contributed by atoms with van der Waals surface area (Å²) in [6.07, 6.45) is 0.954. The Labute approximate surface area is 124 Å². The molecule has 106 valence electrons. The zero-order chi connectivity index (χ0) is 14.7. The van der Waals surface area contributed by atoms with Gasteiger partial charge in [-0.15, -0.1) is 0 Å². The fraction of sp³-hybridized carbons (Fsp3) is 0.286. The molecule has 0 unspecified atom stereocenters. The summed E-state index contributed by atoms with van der Waals surface area (Å²) in [4.78, 5) is 8.65. The number of halogens is 3. The van der Waals surface area contributed by atoms with Gasteiger partial charge in [0.25, 0.3) is 0 Å². The molecule has 0 bridgehead atoms. The Balaban J connectivity index is 2.45. The predicted molar refractivity (Wildman–Crippen MR) is 78.6 cm³/mol. The highest BCUT2D eigenvalue weighted by Crippen LogP contribution is 2.27. The number of nitrogens with zero attached hydrogens (tertiary/aromatic N) is 2. The molecule has 0 atom stereocenters. The summed E-state index contributed by atoms with van der Waals surface area (Å²) in [6, 6.07) is 3.64. The molecule has 3 nitrogen and oxygen atoms in total. The Morgan fingerprint density at radius 2 is 1.95 bits per heavy atom. The monoisotopic (exact) mass is 341 g/mol. The molecule has 1 aromatic heterocycles. The van der Waals surface area contributed by atoms with Crippen molar-refractivity contribution in [2.75, 3.05) is 11.9 Å². The van der Waals surface area contributed by atoms with Crippen LogP contribution in [0.2, 0.25) is 0 Å². The van der Waals surface area contributed by atoms with Gasteiger partial charge in [0.15, 0.2) is 17.5 Å². The molecule has 20 heavy (non-hydrogen) atoms. The number of aryl methyl sites for hydroxylation is 1. The van der Waals surface area contributed by atoms with Crippen molar-refractivity contribution >= 4 is 21.7 Å². The molecule has 0 amide bonds. The Hall–Kier alpha value is -1.56. The summed E-state index contributed by atoms with van der Waals surface area (Å²) in [6.45, 7) is 4.64. The maximum Gasteiger partial charge on any atom is 0.161 e. The van der Waals surface area contributed by atoms with Gasteiger partial charge in [-0.25, -0.2) is 18.7 Å². The van der Waals surface area contributed by atoms with Crippen molar-refractivity contribution in [1.82, 2.24) is 9.97 Å². The molecule has 0 saturated heterocycles. The van der Waals surface area contributed by atoms with Crippen molar-refractivity contribution in [3.05, 3.63) is 40.0 Å². The van der Waals surface area contributed by atoms with Crippen molar-refractivity contribution in [2.24, 2.45) is 0 Å². The van der Waals surface area contributed by atoms with Crippen molar-refractivity contribution in [3.63, 3.8) is 0 Å². The highest BCUT2D eigenvalue weighted by Gasteiger charge is 2.12. The fourth-order valence-electron chi connectivity index (χ4n) is 1.68. The van der Waals surface area contributed by atoms with Crippen molar-refractivity contribution < 1.29 is 8.78 Å². The van der Waals surface area contributed by atoms with Crippen LogP contribution in [0.5, 0.6) is 0 Å². The van der Waals surface area contributed by atoms with Gasteiger partial charge in [-0.2, -0.15) is 0 Å². The van der Waals surface area contributed by atoms with Crippen LogP contribution in [0.25, 0.3) is 11.4 Å². The molecule has 6 heteroatoms. The minimum atomic E-state index is -0.908. The van der Waals surface area contributed by atoms with E-state index in [-0.39, 0.29) is 0 Å². The first-order valence-corrected chi connectivity index (χ1v) is 7.05. The van der Waals surface area contributed by atoms with E-state index in [4.69, 9.17) is 0 Å². The van der Waals surface area contributed by atoms with Crippen LogP contribution in [0.4, 0.5) is 14.6 Å². The summed E-state index contributed by atoms with van der Waals surface area (Å²) < 4.78 is 27.0. The number of rotatable bonds is 4. The Morgan fingerprint density at radius 3 is 2.60 bits per heavy atom. The third-order valence-electron chi connectivity index (χ3n) is 2.74. The van der Waals surface area contributed by atoms with Gasteiger partial charge >= 0.3 is 0 Å². The topological polar surface area (TPSA) is 37.8 Å². The summed E-state index contributed by atoms with van der Waals surface area (Å²) in [5.74, 6) is -0.774. The third kappa shape index (κ3) is 3.12. The van der Waals surface area contributed by atoms with E-state index in [2.05, 4.69) is 31.2 Å². The average molecular weight is 342 g/mol. The quantitative estimate of drug-likeness (QED) is 0.900. The van der Waals surface area contributed by atoms with Crippen molar-refractivity contribution in [1.29, 1.82) is 0 Å². The number of hydrogen-bond donors (Lipinski definition) is 1. The number of aromatic nitrogens is 2. The molecule has 2 rings (SSSR count). The third-order valence-corrected chi connectivity index (χ3v) is 3.69. The van der Waals surface area contributed by atoms with Gasteiger partial charge in [-0.1, -0.05) is 6.92 Å². The fourth-order valence-corrected chi connectivity index (χ4v) is 2.00. The van der Waals surface area contributed by atoms with Crippen LogP contribution in [-0.2, 0) is 0 Å². The maximum atomic E-state index is 13.3. The lowest BCUT2D eigenvalue weighted by atomic mass is 10.2. The molecule has 1 N–H and O–H groups in total. The van der Waals surface area contributed by atoms with E-state index in [1.165, 1.54) is 6.07 Å². The highest BCUT2D eigenvalue weighted by molar-refractivity contribution is 9.10. The molecular formula is C14H14BrF2N3. The molecule has 0 spiro atoms. The van der Waals surface area contributed by atoms with Crippen LogP contribution in [-0.4, -0.2) is 16.5 Å². The van der Waals surface area contributed by atoms with Crippen molar-refractivity contribution in [2.45, 2.75) is 20.3 Å². The van der Waals surface area contributed by atoms with Crippen LogP contribution in [0.3, 0.4) is 0 Å². The van der Waals surface area contributed by atoms with Gasteiger partial charge in [-0.3, -0.25) is 0 Å². The summed E-state index contributed by atoms with van der Waals surface area (Å²) in [5, 5.41) is 3.17. The molecule has 0 saturated carbocycles. The summed E-state index contributed by atoms with van der Waals surface area (Å²) >= 11 is 3.42. The molecule has 0 radical (unpaired) electrons. The Bertz CT molecular complexity index is 632. The first-order chi connectivity index (χ1) is 9.52. The lowest BCUT2D eigenvalue weighted by Crippen LogP contribution is -2.06. The molecular weight excluding hydrogens is 328 g/mol. The lowest BCUT2D eigenvalue weighted by molar-refractivity contribution is 0.509. The SMILES string of the molecule is CCCNc1nc(-c2ccc(F)c(F)c2)nc(C)c1Br. The predicted octanol–water partition coefficient (Wildman–Crippen LogP) is 4.31. The van der Waals surface area contributed by atoms with Crippen LogP contribution in [0.15, 0.2) is 22.7 Å². The molecule has 2 aromatic rings. The number of hydrogen-bond acceptors (Lipinski definition) is 3. The normalized spacial score (nSPS) is 10.7. The zero-order valence-corrected chi connectivity index (χ0v) is 12.8.